The molecule has 0 radical (unpaired) electrons. The highest BCUT2D eigenvalue weighted by Crippen LogP contribution is 2.41. The summed E-state index contributed by atoms with van der Waals surface area (Å²) in [6.45, 7) is 3.99. The maximum absolute atomic E-state index is 5.35. The van der Waals surface area contributed by atoms with Gasteiger partial charge in [-0.1, -0.05) is 64.1 Å². The number of hydrogen-bond donors (Lipinski definition) is 0. The van der Waals surface area contributed by atoms with Crippen LogP contribution in [0.2, 0.25) is 0 Å². The number of ether oxygens (including phenoxy) is 2. The smallest absolute Gasteiger partial charge is 0.118 e. The molecule has 0 saturated carbocycles. The Morgan fingerprint density at radius 2 is 1.48 bits per heavy atom. The Balaban J connectivity index is 2.15. The van der Waals surface area contributed by atoms with Crippen LogP contribution in [-0.2, 0) is 0 Å². The summed E-state index contributed by atoms with van der Waals surface area (Å²) < 4.78 is 11.7. The predicted octanol–water partition coefficient (Wildman–Crippen LogP) is 7.59. The third-order valence-corrected chi connectivity index (χ3v) is 6.25. The van der Waals surface area contributed by atoms with E-state index >= 15 is 0 Å². The molecule has 0 bridgehead atoms. The van der Waals surface area contributed by atoms with Crippen LogP contribution in [0.5, 0.6) is 11.5 Å². The first kappa shape index (κ1) is 21.3. The molecular formula is C25H23BrO2S. The third kappa shape index (κ3) is 5.34. The Bertz CT molecular complexity index is 992. The summed E-state index contributed by atoms with van der Waals surface area (Å²) in [6, 6.07) is 24.6. The Morgan fingerprint density at radius 3 is 2.03 bits per heavy atom. The minimum Gasteiger partial charge on any atom is -0.497 e. The molecule has 3 aromatic rings. The molecular weight excluding hydrogens is 444 g/mol. The molecule has 2 nitrogen and oxygen atoms in total. The van der Waals surface area contributed by atoms with Crippen molar-refractivity contribution in [2.75, 3.05) is 14.2 Å². The lowest BCUT2D eigenvalue weighted by Crippen LogP contribution is -1.95. The van der Waals surface area contributed by atoms with Gasteiger partial charge < -0.3 is 9.47 Å². The summed E-state index contributed by atoms with van der Waals surface area (Å²) in [5.74, 6) is 1.69. The van der Waals surface area contributed by atoms with E-state index in [1.807, 2.05) is 36.4 Å². The van der Waals surface area contributed by atoms with Gasteiger partial charge in [0.2, 0.25) is 0 Å². The van der Waals surface area contributed by atoms with Gasteiger partial charge in [0.05, 0.1) is 14.2 Å². The largest absolute Gasteiger partial charge is 0.497 e. The number of thioether (sulfide) groups is 1. The van der Waals surface area contributed by atoms with E-state index in [4.69, 9.17) is 9.47 Å². The van der Waals surface area contributed by atoms with Crippen LogP contribution in [0.15, 0.2) is 99.7 Å². The number of rotatable bonds is 8. The van der Waals surface area contributed by atoms with Crippen molar-refractivity contribution >= 4 is 33.3 Å². The highest BCUT2D eigenvalue weighted by molar-refractivity contribution is 9.10. The zero-order chi connectivity index (χ0) is 20.6. The predicted molar refractivity (Wildman–Crippen MR) is 127 cm³/mol. The minimum absolute atomic E-state index is 0.763. The van der Waals surface area contributed by atoms with Crippen molar-refractivity contribution < 1.29 is 9.47 Å². The van der Waals surface area contributed by atoms with Gasteiger partial charge in [0.15, 0.2) is 0 Å². The highest BCUT2D eigenvalue weighted by Gasteiger charge is 2.15. The van der Waals surface area contributed by atoms with E-state index in [1.54, 1.807) is 26.0 Å². The number of halogens is 1. The van der Waals surface area contributed by atoms with Crippen LogP contribution in [0.3, 0.4) is 0 Å². The fourth-order valence-electron chi connectivity index (χ4n) is 3.00. The number of benzene rings is 3. The molecule has 0 aliphatic rings. The normalized spacial score (nSPS) is 11.6. The molecule has 0 amide bonds. The molecule has 3 rings (SSSR count). The van der Waals surface area contributed by atoms with Crippen LogP contribution < -0.4 is 9.47 Å². The summed E-state index contributed by atoms with van der Waals surface area (Å²) in [7, 11) is 3.36. The van der Waals surface area contributed by atoms with E-state index in [9.17, 15) is 0 Å². The molecule has 0 N–H and O–H groups in total. The van der Waals surface area contributed by atoms with Gasteiger partial charge in [0.1, 0.15) is 11.5 Å². The van der Waals surface area contributed by atoms with Crippen LogP contribution in [-0.4, -0.2) is 14.2 Å². The molecule has 4 heteroatoms. The zero-order valence-corrected chi connectivity index (χ0v) is 18.9. The maximum atomic E-state index is 5.35. The number of methoxy groups -OCH3 is 2. The lowest BCUT2D eigenvalue weighted by molar-refractivity contribution is 0.414. The summed E-state index contributed by atoms with van der Waals surface area (Å²) >= 11 is 5.49. The molecule has 0 atom stereocenters. The van der Waals surface area contributed by atoms with Gasteiger partial charge in [-0.3, -0.25) is 0 Å². The van der Waals surface area contributed by atoms with E-state index in [2.05, 4.69) is 65.0 Å². The molecule has 0 unspecified atom stereocenters. The molecule has 29 heavy (non-hydrogen) atoms. The SMILES string of the molecule is C=CC/C(Sc1ccc(OC)cc1)=C(/c1ccc(OC)cc1)c1ccccc1Br. The Hall–Kier alpha value is -2.43. The monoisotopic (exact) mass is 466 g/mol. The highest BCUT2D eigenvalue weighted by atomic mass is 79.9. The standard InChI is InChI=1S/C25H23BrO2S/c1-4-7-24(29-21-16-14-20(28-3)15-17-21)25(22-8-5-6-9-23(22)26)18-10-12-19(27-2)13-11-18/h4-6,8-17H,1,7H2,2-3H3/b25-24+. The topological polar surface area (TPSA) is 18.5 Å². The van der Waals surface area contributed by atoms with Gasteiger partial charge in [-0.25, -0.2) is 0 Å². The quantitative estimate of drug-likeness (QED) is 0.251. The van der Waals surface area contributed by atoms with Crippen molar-refractivity contribution in [2.45, 2.75) is 11.3 Å². The second-order valence-electron chi connectivity index (χ2n) is 6.28. The van der Waals surface area contributed by atoms with E-state index < -0.39 is 0 Å². The van der Waals surface area contributed by atoms with Gasteiger partial charge in [0, 0.05) is 19.8 Å². The van der Waals surface area contributed by atoms with Crippen molar-refractivity contribution in [1.82, 2.24) is 0 Å². The van der Waals surface area contributed by atoms with Crippen LogP contribution in [0.1, 0.15) is 17.5 Å². The van der Waals surface area contributed by atoms with Gasteiger partial charge >= 0.3 is 0 Å². The molecule has 3 aromatic carbocycles. The second kappa shape index (κ2) is 10.4. The first-order valence-electron chi connectivity index (χ1n) is 9.21. The zero-order valence-electron chi connectivity index (χ0n) is 16.5. The molecule has 0 aliphatic carbocycles. The first-order valence-corrected chi connectivity index (χ1v) is 10.8. The molecule has 148 valence electrons. The number of hydrogen-bond acceptors (Lipinski definition) is 3. The van der Waals surface area contributed by atoms with E-state index in [-0.39, 0.29) is 0 Å². The lowest BCUT2D eigenvalue weighted by atomic mass is 9.96. The third-order valence-electron chi connectivity index (χ3n) is 4.43. The van der Waals surface area contributed by atoms with E-state index in [0.29, 0.717) is 0 Å². The summed E-state index contributed by atoms with van der Waals surface area (Å²) in [6.07, 6.45) is 2.71. The maximum Gasteiger partial charge on any atom is 0.118 e. The second-order valence-corrected chi connectivity index (χ2v) is 8.30. The average Bonchev–Trinajstić information content (AvgIpc) is 2.76. The van der Waals surface area contributed by atoms with Gasteiger partial charge in [0.25, 0.3) is 0 Å². The summed E-state index contributed by atoms with van der Waals surface area (Å²) in [5, 5.41) is 0. The Labute approximate surface area is 185 Å². The van der Waals surface area contributed by atoms with Gasteiger partial charge in [-0.05, 0) is 60.0 Å². The first-order chi connectivity index (χ1) is 14.2. The van der Waals surface area contributed by atoms with Crippen LogP contribution in [0, 0.1) is 0 Å². The van der Waals surface area contributed by atoms with Crippen molar-refractivity contribution in [1.29, 1.82) is 0 Å². The van der Waals surface area contributed by atoms with Gasteiger partial charge in [-0.2, -0.15) is 0 Å². The van der Waals surface area contributed by atoms with Crippen molar-refractivity contribution in [2.24, 2.45) is 0 Å². The fourth-order valence-corrected chi connectivity index (χ4v) is 4.57. The molecule has 0 aromatic heterocycles. The van der Waals surface area contributed by atoms with E-state index in [1.165, 1.54) is 10.5 Å². The Morgan fingerprint density at radius 1 is 0.897 bits per heavy atom. The average molecular weight is 467 g/mol. The molecule has 0 aliphatic heterocycles. The molecule has 0 spiro atoms. The van der Waals surface area contributed by atoms with Crippen LogP contribution >= 0.6 is 27.7 Å². The fraction of sp³-hybridized carbons (Fsp3) is 0.120. The molecule has 0 saturated heterocycles. The minimum atomic E-state index is 0.763. The van der Waals surface area contributed by atoms with Crippen molar-refractivity contribution in [3.8, 4) is 11.5 Å². The van der Waals surface area contributed by atoms with Crippen molar-refractivity contribution in [3.63, 3.8) is 0 Å². The summed E-state index contributed by atoms with van der Waals surface area (Å²) in [4.78, 5) is 2.38. The summed E-state index contributed by atoms with van der Waals surface area (Å²) in [5.41, 5.74) is 3.46. The number of allylic oxidation sites excluding steroid dienone is 2. The van der Waals surface area contributed by atoms with Crippen LogP contribution in [0.4, 0.5) is 0 Å². The lowest BCUT2D eigenvalue weighted by Gasteiger charge is -2.17. The molecule has 0 fully saturated rings. The van der Waals surface area contributed by atoms with Gasteiger partial charge in [-0.15, -0.1) is 6.58 Å². The van der Waals surface area contributed by atoms with Crippen molar-refractivity contribution in [3.05, 3.63) is 106 Å². The Kier molecular flexibility index (Phi) is 7.62. The van der Waals surface area contributed by atoms with E-state index in [0.717, 1.165) is 38.4 Å². The molecule has 0 heterocycles. The van der Waals surface area contributed by atoms with Crippen LogP contribution in [0.25, 0.3) is 5.57 Å².